The van der Waals surface area contributed by atoms with Crippen molar-refractivity contribution in [2.24, 2.45) is 5.92 Å². The second-order valence-electron chi connectivity index (χ2n) is 9.53. The van der Waals surface area contributed by atoms with Gasteiger partial charge in [-0.3, -0.25) is 19.4 Å². The molecular weight excluding hydrogens is 460 g/mol. The second-order valence-corrected chi connectivity index (χ2v) is 10.7. The van der Waals surface area contributed by atoms with Crippen molar-refractivity contribution >= 4 is 28.2 Å². The lowest BCUT2D eigenvalue weighted by Crippen LogP contribution is -2.44. The van der Waals surface area contributed by atoms with Gasteiger partial charge in [0.15, 0.2) is 0 Å². The number of piperidine rings is 1. The van der Waals surface area contributed by atoms with E-state index in [-0.39, 0.29) is 11.8 Å². The van der Waals surface area contributed by atoms with Gasteiger partial charge in [0.2, 0.25) is 11.8 Å². The van der Waals surface area contributed by atoms with Crippen molar-refractivity contribution in [3.8, 4) is 5.75 Å². The number of nitrogens with zero attached hydrogens (tertiary/aromatic N) is 3. The minimum absolute atomic E-state index is 0.0412. The summed E-state index contributed by atoms with van der Waals surface area (Å²) >= 11 is 1.62. The van der Waals surface area contributed by atoms with E-state index in [0.717, 1.165) is 76.0 Å². The van der Waals surface area contributed by atoms with E-state index >= 15 is 0 Å². The van der Waals surface area contributed by atoms with Crippen LogP contribution in [-0.2, 0) is 29.2 Å². The van der Waals surface area contributed by atoms with Gasteiger partial charge in [-0.2, -0.15) is 0 Å². The van der Waals surface area contributed by atoms with Gasteiger partial charge < -0.3 is 15.0 Å². The van der Waals surface area contributed by atoms with Gasteiger partial charge in [0.1, 0.15) is 12.4 Å². The molecule has 0 unspecified atom stereocenters. The maximum Gasteiger partial charge on any atom is 0.226 e. The Labute approximate surface area is 213 Å². The van der Waals surface area contributed by atoms with E-state index in [9.17, 15) is 9.59 Å². The zero-order valence-electron chi connectivity index (χ0n) is 21.2. The molecule has 0 bridgehead atoms. The van der Waals surface area contributed by atoms with Crippen LogP contribution < -0.4 is 10.1 Å². The smallest absolute Gasteiger partial charge is 0.226 e. The molecule has 1 atom stereocenters. The second kappa shape index (κ2) is 12.0. The van der Waals surface area contributed by atoms with E-state index in [0.29, 0.717) is 12.5 Å². The predicted octanol–water partition coefficient (Wildman–Crippen LogP) is 4.18. The number of anilines is 1. The Balaban J connectivity index is 1.39. The van der Waals surface area contributed by atoms with Crippen LogP contribution >= 0.6 is 11.3 Å². The summed E-state index contributed by atoms with van der Waals surface area (Å²) in [6.45, 7) is 13.1. The normalized spacial score (nSPS) is 18.9. The molecule has 1 aromatic carbocycles. The number of hydrogen-bond acceptors (Lipinski definition) is 6. The number of ether oxygens (including phenoxy) is 1. The molecule has 1 saturated heterocycles. The van der Waals surface area contributed by atoms with Gasteiger partial charge in [-0.25, -0.2) is 0 Å². The molecule has 2 aliphatic heterocycles. The average Bonchev–Trinajstić information content (AvgIpc) is 3.16. The molecule has 190 valence electrons. The standard InChI is InChI=1S/C27H38N4O3S/c1-4-31(5-2)27(33)22-7-6-12-29(17-22)16-21-8-10-25-23(15-21)18-30(13-14-34-25)19-24-9-11-26(35-24)28-20(3)32/h8-11,15,22H,4-7,12-14,16-19H2,1-3H3,(H,28,32)/t22-/m1/s1. The third-order valence-electron chi connectivity index (χ3n) is 6.86. The quantitative estimate of drug-likeness (QED) is 0.592. The monoisotopic (exact) mass is 498 g/mol. The average molecular weight is 499 g/mol. The van der Waals surface area contributed by atoms with Crippen LogP contribution in [-0.4, -0.2) is 65.8 Å². The molecule has 0 spiro atoms. The SMILES string of the molecule is CCN(CC)C(=O)[C@@H]1CCCN(Cc2ccc3c(c2)CN(Cc2ccc(NC(C)=O)s2)CCO3)C1. The zero-order valence-corrected chi connectivity index (χ0v) is 22.0. The molecule has 35 heavy (non-hydrogen) atoms. The molecule has 1 aromatic heterocycles. The summed E-state index contributed by atoms with van der Waals surface area (Å²) < 4.78 is 6.06. The van der Waals surface area contributed by atoms with Crippen molar-refractivity contribution in [3.63, 3.8) is 0 Å². The topological polar surface area (TPSA) is 65.1 Å². The fourth-order valence-electron chi connectivity index (χ4n) is 5.11. The summed E-state index contributed by atoms with van der Waals surface area (Å²) in [4.78, 5) is 32.2. The summed E-state index contributed by atoms with van der Waals surface area (Å²) in [5.74, 6) is 1.34. The summed E-state index contributed by atoms with van der Waals surface area (Å²) in [5, 5.41) is 3.76. The fraction of sp³-hybridized carbons (Fsp3) is 0.556. The molecule has 2 amide bonds. The molecule has 3 heterocycles. The first-order valence-corrected chi connectivity index (χ1v) is 13.6. The maximum absolute atomic E-state index is 12.9. The predicted molar refractivity (Wildman–Crippen MR) is 141 cm³/mol. The Bertz CT molecular complexity index is 1020. The number of nitrogens with one attached hydrogen (secondary N) is 1. The molecule has 2 aromatic rings. The lowest BCUT2D eigenvalue weighted by Gasteiger charge is -2.34. The van der Waals surface area contributed by atoms with E-state index in [2.05, 4.69) is 53.2 Å². The summed E-state index contributed by atoms with van der Waals surface area (Å²) in [5.41, 5.74) is 2.49. The molecule has 2 aliphatic rings. The highest BCUT2D eigenvalue weighted by Crippen LogP contribution is 2.29. The molecule has 7 nitrogen and oxygen atoms in total. The number of carbonyl (C=O) groups is 2. The number of hydrogen-bond donors (Lipinski definition) is 1. The fourth-order valence-corrected chi connectivity index (χ4v) is 6.11. The van der Waals surface area contributed by atoms with Crippen molar-refractivity contribution in [2.75, 3.05) is 44.6 Å². The molecule has 0 radical (unpaired) electrons. The Hall–Kier alpha value is -2.42. The largest absolute Gasteiger partial charge is 0.492 e. The van der Waals surface area contributed by atoms with Gasteiger partial charge in [0.05, 0.1) is 10.9 Å². The highest BCUT2D eigenvalue weighted by molar-refractivity contribution is 7.16. The van der Waals surface area contributed by atoms with Crippen LogP contribution in [0.5, 0.6) is 5.75 Å². The van der Waals surface area contributed by atoms with Crippen LogP contribution in [0.4, 0.5) is 5.00 Å². The third kappa shape index (κ3) is 6.84. The van der Waals surface area contributed by atoms with Crippen LogP contribution in [0, 0.1) is 5.92 Å². The Kier molecular flexibility index (Phi) is 8.81. The lowest BCUT2D eigenvalue weighted by molar-refractivity contribution is -0.137. The Morgan fingerprint density at radius 1 is 1.11 bits per heavy atom. The van der Waals surface area contributed by atoms with Gasteiger partial charge in [-0.05, 0) is 63.1 Å². The van der Waals surface area contributed by atoms with E-state index in [1.54, 1.807) is 11.3 Å². The number of rotatable bonds is 8. The van der Waals surface area contributed by atoms with Crippen LogP contribution in [0.2, 0.25) is 0 Å². The molecule has 1 N–H and O–H groups in total. The first-order chi connectivity index (χ1) is 16.9. The van der Waals surface area contributed by atoms with Gasteiger partial charge in [0.25, 0.3) is 0 Å². The van der Waals surface area contributed by atoms with Crippen molar-refractivity contribution < 1.29 is 14.3 Å². The van der Waals surface area contributed by atoms with Gasteiger partial charge >= 0.3 is 0 Å². The highest BCUT2D eigenvalue weighted by Gasteiger charge is 2.28. The van der Waals surface area contributed by atoms with Crippen molar-refractivity contribution in [1.29, 1.82) is 0 Å². The minimum atomic E-state index is -0.0412. The first-order valence-electron chi connectivity index (χ1n) is 12.8. The van der Waals surface area contributed by atoms with Crippen LogP contribution in [0.1, 0.15) is 49.6 Å². The van der Waals surface area contributed by atoms with Gasteiger partial charge in [-0.1, -0.05) is 6.07 Å². The third-order valence-corrected chi connectivity index (χ3v) is 7.85. The summed E-state index contributed by atoms with van der Waals surface area (Å²) in [6, 6.07) is 10.6. The zero-order chi connectivity index (χ0) is 24.8. The number of amides is 2. The van der Waals surface area contributed by atoms with Crippen molar-refractivity contribution in [3.05, 3.63) is 46.3 Å². The number of likely N-dealkylation sites (tertiary alicyclic amines) is 1. The maximum atomic E-state index is 12.9. The van der Waals surface area contributed by atoms with E-state index in [4.69, 9.17) is 4.74 Å². The summed E-state index contributed by atoms with van der Waals surface area (Å²) in [7, 11) is 0. The molecule has 8 heteroatoms. The van der Waals surface area contributed by atoms with E-state index in [1.165, 1.54) is 22.9 Å². The molecular formula is C27H38N4O3S. The molecule has 0 aliphatic carbocycles. The number of thiophene rings is 1. The molecule has 1 fully saturated rings. The van der Waals surface area contributed by atoms with Gasteiger partial charge in [0, 0.05) is 63.2 Å². The van der Waals surface area contributed by atoms with E-state index in [1.807, 2.05) is 11.0 Å². The summed E-state index contributed by atoms with van der Waals surface area (Å²) in [6.07, 6.45) is 2.06. The number of benzene rings is 1. The lowest BCUT2D eigenvalue weighted by atomic mass is 9.95. The van der Waals surface area contributed by atoms with Crippen LogP contribution in [0.3, 0.4) is 0 Å². The molecule has 4 rings (SSSR count). The minimum Gasteiger partial charge on any atom is -0.492 e. The number of fused-ring (bicyclic) bond motifs is 1. The first kappa shape index (κ1) is 25.7. The Morgan fingerprint density at radius 2 is 1.94 bits per heavy atom. The van der Waals surface area contributed by atoms with E-state index < -0.39 is 0 Å². The highest BCUT2D eigenvalue weighted by atomic mass is 32.1. The molecule has 0 saturated carbocycles. The Morgan fingerprint density at radius 3 is 2.71 bits per heavy atom. The van der Waals surface area contributed by atoms with Crippen molar-refractivity contribution in [1.82, 2.24) is 14.7 Å². The van der Waals surface area contributed by atoms with Crippen LogP contribution in [0.15, 0.2) is 30.3 Å². The number of carbonyl (C=O) groups excluding carboxylic acids is 2. The van der Waals surface area contributed by atoms with Crippen LogP contribution in [0.25, 0.3) is 0 Å². The van der Waals surface area contributed by atoms with Gasteiger partial charge in [-0.15, -0.1) is 11.3 Å². The van der Waals surface area contributed by atoms with Crippen molar-refractivity contribution in [2.45, 2.75) is 53.2 Å².